The zero-order chi connectivity index (χ0) is 21.6. The molecule has 1 aromatic heterocycles. The van der Waals surface area contributed by atoms with Crippen molar-refractivity contribution in [3.63, 3.8) is 0 Å². The van der Waals surface area contributed by atoms with Gasteiger partial charge in [-0.3, -0.25) is 4.79 Å². The van der Waals surface area contributed by atoms with Gasteiger partial charge in [-0.05, 0) is 54.1 Å². The summed E-state index contributed by atoms with van der Waals surface area (Å²) in [5.74, 6) is 0.181. The average Bonchev–Trinajstić information content (AvgIpc) is 3.28. The number of carbonyl (C=O) groups excluding carboxylic acids is 1. The Kier molecular flexibility index (Phi) is 6.24. The Morgan fingerprint density at radius 1 is 1.00 bits per heavy atom. The molecule has 0 bridgehead atoms. The van der Waals surface area contributed by atoms with Crippen LogP contribution in [-0.4, -0.2) is 22.7 Å². The molecule has 0 aliphatic carbocycles. The normalized spacial score (nSPS) is 11.7. The van der Waals surface area contributed by atoms with E-state index >= 15 is 0 Å². The van der Waals surface area contributed by atoms with Gasteiger partial charge in [0.1, 0.15) is 17.6 Å². The van der Waals surface area contributed by atoms with Gasteiger partial charge in [0.2, 0.25) is 11.8 Å². The summed E-state index contributed by atoms with van der Waals surface area (Å²) in [4.78, 5) is 12.6. The monoisotopic (exact) mass is 437 g/mol. The number of hydrogen-bond acceptors (Lipinski definition) is 5. The molecule has 0 fully saturated rings. The Bertz CT molecular complexity index is 1150. The van der Waals surface area contributed by atoms with Crippen molar-refractivity contribution in [3.8, 4) is 17.2 Å². The lowest BCUT2D eigenvalue weighted by molar-refractivity contribution is -0.123. The van der Waals surface area contributed by atoms with E-state index in [9.17, 15) is 9.18 Å². The predicted molar refractivity (Wildman–Crippen MR) is 113 cm³/mol. The summed E-state index contributed by atoms with van der Waals surface area (Å²) in [5, 5.41) is 11.5. The molecule has 31 heavy (non-hydrogen) atoms. The zero-order valence-corrected chi connectivity index (χ0v) is 16.9. The third-order valence-electron chi connectivity index (χ3n) is 4.40. The average molecular weight is 438 g/mol. The highest BCUT2D eigenvalue weighted by molar-refractivity contribution is 6.30. The lowest BCUT2D eigenvalue weighted by atomic mass is 10.1. The standard InChI is InChI=1S/C23H17ClFN3O3/c24-17-8-12-19(13-9-17)30-14-20(29)26-21(15-6-10-18(25)11-7-15)23-28-27-22(31-23)16-4-2-1-3-5-16/h1-13,21H,14H2,(H,26,29)/t21-/m1/s1. The Hall–Kier alpha value is -3.71. The van der Waals surface area contributed by atoms with Crippen LogP contribution in [0.2, 0.25) is 5.02 Å². The number of rotatable bonds is 7. The summed E-state index contributed by atoms with van der Waals surface area (Å²) in [7, 11) is 0. The van der Waals surface area contributed by atoms with Gasteiger partial charge < -0.3 is 14.5 Å². The molecular weight excluding hydrogens is 421 g/mol. The minimum absolute atomic E-state index is 0.172. The van der Waals surface area contributed by atoms with Crippen molar-refractivity contribution in [2.75, 3.05) is 6.61 Å². The number of halogens is 2. The van der Waals surface area contributed by atoms with E-state index < -0.39 is 17.8 Å². The summed E-state index contributed by atoms with van der Waals surface area (Å²) in [6.07, 6.45) is 0. The predicted octanol–water partition coefficient (Wildman–Crippen LogP) is 4.81. The lowest BCUT2D eigenvalue weighted by Gasteiger charge is -2.16. The molecule has 8 heteroatoms. The maximum absolute atomic E-state index is 13.4. The van der Waals surface area contributed by atoms with Crippen molar-refractivity contribution in [3.05, 3.63) is 101 Å². The number of carbonyl (C=O) groups is 1. The maximum Gasteiger partial charge on any atom is 0.258 e. The lowest BCUT2D eigenvalue weighted by Crippen LogP contribution is -2.33. The molecule has 1 N–H and O–H groups in total. The first-order valence-corrected chi connectivity index (χ1v) is 9.78. The fourth-order valence-corrected chi connectivity index (χ4v) is 3.00. The molecule has 0 unspecified atom stereocenters. The molecule has 0 spiro atoms. The first-order valence-electron chi connectivity index (χ1n) is 9.40. The minimum Gasteiger partial charge on any atom is -0.484 e. The van der Waals surface area contributed by atoms with Gasteiger partial charge in [0.25, 0.3) is 5.91 Å². The van der Waals surface area contributed by atoms with Gasteiger partial charge >= 0.3 is 0 Å². The van der Waals surface area contributed by atoms with E-state index in [2.05, 4.69) is 15.5 Å². The minimum atomic E-state index is -0.771. The first-order chi connectivity index (χ1) is 15.1. The molecule has 4 rings (SSSR count). The molecule has 0 aliphatic heterocycles. The van der Waals surface area contributed by atoms with Gasteiger partial charge in [-0.1, -0.05) is 41.9 Å². The SMILES string of the molecule is O=C(COc1ccc(Cl)cc1)N[C@H](c1ccc(F)cc1)c1nnc(-c2ccccc2)o1. The Balaban J connectivity index is 1.53. The summed E-state index contributed by atoms with van der Waals surface area (Å²) in [5.41, 5.74) is 1.33. The number of amides is 1. The topological polar surface area (TPSA) is 77.2 Å². The summed E-state index contributed by atoms with van der Waals surface area (Å²) < 4.78 is 24.7. The highest BCUT2D eigenvalue weighted by Gasteiger charge is 2.24. The molecule has 0 saturated carbocycles. The van der Waals surface area contributed by atoms with Crippen molar-refractivity contribution < 1.29 is 18.3 Å². The molecule has 0 radical (unpaired) electrons. The van der Waals surface area contributed by atoms with Crippen LogP contribution in [0, 0.1) is 5.82 Å². The highest BCUT2D eigenvalue weighted by Crippen LogP contribution is 2.25. The summed E-state index contributed by atoms with van der Waals surface area (Å²) in [6.45, 7) is -0.237. The second-order valence-electron chi connectivity index (χ2n) is 6.61. The van der Waals surface area contributed by atoms with Gasteiger partial charge in [0.05, 0.1) is 0 Å². The van der Waals surface area contributed by atoms with E-state index in [1.54, 1.807) is 36.4 Å². The molecule has 0 saturated heterocycles. The Labute approximate surface area is 182 Å². The largest absolute Gasteiger partial charge is 0.484 e. The second-order valence-corrected chi connectivity index (χ2v) is 7.04. The second kappa shape index (κ2) is 9.40. The first kappa shape index (κ1) is 20.6. The number of aromatic nitrogens is 2. The van der Waals surface area contributed by atoms with Crippen LogP contribution in [0.15, 0.2) is 83.3 Å². The van der Waals surface area contributed by atoms with Crippen LogP contribution in [-0.2, 0) is 4.79 Å². The van der Waals surface area contributed by atoms with Crippen LogP contribution in [0.3, 0.4) is 0 Å². The number of hydrogen-bond donors (Lipinski definition) is 1. The molecule has 1 atom stereocenters. The van der Waals surface area contributed by atoms with Crippen LogP contribution < -0.4 is 10.1 Å². The zero-order valence-electron chi connectivity index (χ0n) is 16.2. The van der Waals surface area contributed by atoms with Crippen molar-refractivity contribution in [2.24, 2.45) is 0 Å². The van der Waals surface area contributed by atoms with E-state index in [-0.39, 0.29) is 12.5 Å². The van der Waals surface area contributed by atoms with Crippen LogP contribution in [0.1, 0.15) is 17.5 Å². The van der Waals surface area contributed by atoms with Gasteiger partial charge in [-0.15, -0.1) is 10.2 Å². The smallest absolute Gasteiger partial charge is 0.258 e. The Morgan fingerprint density at radius 2 is 1.71 bits per heavy atom. The van der Waals surface area contributed by atoms with Crippen molar-refractivity contribution in [1.29, 1.82) is 0 Å². The van der Waals surface area contributed by atoms with Gasteiger partial charge in [-0.2, -0.15) is 0 Å². The molecule has 1 amide bonds. The fraction of sp³-hybridized carbons (Fsp3) is 0.0870. The van der Waals surface area contributed by atoms with Crippen molar-refractivity contribution in [2.45, 2.75) is 6.04 Å². The van der Waals surface area contributed by atoms with Crippen LogP contribution in [0.5, 0.6) is 5.75 Å². The number of benzene rings is 3. The van der Waals surface area contributed by atoms with Crippen LogP contribution >= 0.6 is 11.6 Å². The number of nitrogens with zero attached hydrogens (tertiary/aromatic N) is 2. The third-order valence-corrected chi connectivity index (χ3v) is 4.65. The van der Waals surface area contributed by atoms with E-state index in [4.69, 9.17) is 20.8 Å². The third kappa shape index (κ3) is 5.26. The van der Waals surface area contributed by atoms with Gasteiger partial charge in [0, 0.05) is 10.6 Å². The molecule has 4 aromatic rings. The fourth-order valence-electron chi connectivity index (χ4n) is 2.87. The molecule has 3 aromatic carbocycles. The van der Waals surface area contributed by atoms with Crippen molar-refractivity contribution >= 4 is 17.5 Å². The van der Waals surface area contributed by atoms with Gasteiger partial charge in [0.15, 0.2) is 6.61 Å². The van der Waals surface area contributed by atoms with Crippen LogP contribution in [0.4, 0.5) is 4.39 Å². The summed E-state index contributed by atoms with van der Waals surface area (Å²) >= 11 is 5.85. The van der Waals surface area contributed by atoms with E-state index in [0.717, 1.165) is 5.56 Å². The van der Waals surface area contributed by atoms with E-state index in [1.165, 1.54) is 12.1 Å². The quantitative estimate of drug-likeness (QED) is 0.449. The maximum atomic E-state index is 13.4. The van der Waals surface area contributed by atoms with E-state index in [1.807, 2.05) is 30.3 Å². The molecular formula is C23H17ClFN3O3. The molecule has 0 aliphatic rings. The van der Waals surface area contributed by atoms with Gasteiger partial charge in [-0.25, -0.2) is 4.39 Å². The van der Waals surface area contributed by atoms with Crippen molar-refractivity contribution in [1.82, 2.24) is 15.5 Å². The summed E-state index contributed by atoms with van der Waals surface area (Å²) in [6, 6.07) is 20.8. The van der Waals surface area contributed by atoms with Crippen LogP contribution in [0.25, 0.3) is 11.5 Å². The molecule has 156 valence electrons. The highest BCUT2D eigenvalue weighted by atomic mass is 35.5. The molecule has 1 heterocycles. The Morgan fingerprint density at radius 3 is 2.42 bits per heavy atom. The molecule has 6 nitrogen and oxygen atoms in total. The number of ether oxygens (including phenoxy) is 1. The number of nitrogens with one attached hydrogen (secondary N) is 1. The van der Waals surface area contributed by atoms with E-state index in [0.29, 0.717) is 22.2 Å².